The smallest absolute Gasteiger partial charge is 0.0991 e. The molecule has 1 aliphatic rings. The lowest BCUT2D eigenvalue weighted by atomic mass is 10.2. The fourth-order valence-corrected chi connectivity index (χ4v) is 2.63. The molecule has 1 aliphatic heterocycles. The predicted octanol–water partition coefficient (Wildman–Crippen LogP) is 1.84. The van der Waals surface area contributed by atoms with E-state index in [2.05, 4.69) is 34.8 Å². The molecule has 19 heavy (non-hydrogen) atoms. The summed E-state index contributed by atoms with van der Waals surface area (Å²) in [6.07, 6.45) is 2.31. The molecule has 4 heteroatoms. The molecule has 1 fully saturated rings. The fraction of sp³-hybridized carbons (Fsp3) is 0.400. The Kier molecular flexibility index (Phi) is 3.24. The van der Waals surface area contributed by atoms with Crippen molar-refractivity contribution in [2.45, 2.75) is 12.6 Å². The second-order valence-corrected chi connectivity index (χ2v) is 5.11. The molecule has 98 valence electrons. The molecule has 1 aromatic heterocycles. The number of nitrogens with zero attached hydrogens (tertiary/aromatic N) is 3. The van der Waals surface area contributed by atoms with Crippen molar-refractivity contribution < 1.29 is 4.74 Å². The molecule has 0 aliphatic carbocycles. The second-order valence-electron chi connectivity index (χ2n) is 5.11. The number of rotatable bonds is 2. The topological polar surface area (TPSA) is 41.2 Å². The molecule has 1 saturated heterocycles. The number of aromatic nitrogens is 1. The number of morpholine rings is 1. The molecular weight excluding hydrogens is 238 g/mol. The SMILES string of the molecule is CN1CCOC(Cn2ccc3cc(C#N)ccc32)C1. The molecule has 2 heterocycles. The standard InChI is InChI=1S/C15H17N3O/c1-17-6-7-19-14(10-17)11-18-5-4-13-8-12(9-16)2-3-15(13)18/h2-5,8,14H,6-7,10-11H2,1H3. The summed E-state index contributed by atoms with van der Waals surface area (Å²) in [7, 11) is 2.13. The minimum Gasteiger partial charge on any atom is -0.374 e. The van der Waals surface area contributed by atoms with Crippen molar-refractivity contribution in [1.29, 1.82) is 5.26 Å². The van der Waals surface area contributed by atoms with Crippen molar-refractivity contribution >= 4 is 10.9 Å². The summed E-state index contributed by atoms with van der Waals surface area (Å²) in [5.74, 6) is 0. The average Bonchev–Trinajstić information content (AvgIpc) is 2.81. The largest absolute Gasteiger partial charge is 0.374 e. The fourth-order valence-electron chi connectivity index (χ4n) is 2.63. The summed E-state index contributed by atoms with van der Waals surface area (Å²) in [6, 6.07) is 10.0. The van der Waals surface area contributed by atoms with Crippen LogP contribution in [0, 0.1) is 11.3 Å². The van der Waals surface area contributed by atoms with Crippen LogP contribution in [0.25, 0.3) is 10.9 Å². The normalized spacial score (nSPS) is 20.5. The van der Waals surface area contributed by atoms with Gasteiger partial charge >= 0.3 is 0 Å². The Labute approximate surface area is 112 Å². The van der Waals surface area contributed by atoms with Crippen LogP contribution in [-0.2, 0) is 11.3 Å². The van der Waals surface area contributed by atoms with Crippen LogP contribution in [0.15, 0.2) is 30.5 Å². The maximum Gasteiger partial charge on any atom is 0.0991 e. The highest BCUT2D eigenvalue weighted by Gasteiger charge is 2.18. The lowest BCUT2D eigenvalue weighted by molar-refractivity contribution is -0.0269. The number of ether oxygens (including phenoxy) is 1. The third-order valence-corrected chi connectivity index (χ3v) is 3.64. The Hall–Kier alpha value is -1.83. The monoisotopic (exact) mass is 255 g/mol. The van der Waals surface area contributed by atoms with Crippen molar-refractivity contribution in [3.05, 3.63) is 36.0 Å². The van der Waals surface area contributed by atoms with Crippen molar-refractivity contribution in [3.8, 4) is 6.07 Å². The van der Waals surface area contributed by atoms with E-state index in [1.807, 2.05) is 18.2 Å². The zero-order valence-electron chi connectivity index (χ0n) is 11.0. The summed E-state index contributed by atoms with van der Waals surface area (Å²) >= 11 is 0. The van der Waals surface area contributed by atoms with Gasteiger partial charge in [0, 0.05) is 30.2 Å². The van der Waals surface area contributed by atoms with Gasteiger partial charge < -0.3 is 14.2 Å². The van der Waals surface area contributed by atoms with E-state index >= 15 is 0 Å². The molecule has 1 unspecified atom stereocenters. The Balaban J connectivity index is 1.83. The van der Waals surface area contributed by atoms with Gasteiger partial charge in [-0.1, -0.05) is 0 Å². The van der Waals surface area contributed by atoms with Crippen LogP contribution in [0.2, 0.25) is 0 Å². The molecule has 0 saturated carbocycles. The molecule has 0 spiro atoms. The van der Waals surface area contributed by atoms with Crippen LogP contribution >= 0.6 is 0 Å². The first-order valence-electron chi connectivity index (χ1n) is 6.55. The van der Waals surface area contributed by atoms with Gasteiger partial charge in [-0.25, -0.2) is 0 Å². The van der Waals surface area contributed by atoms with Gasteiger partial charge in [-0.05, 0) is 31.3 Å². The summed E-state index contributed by atoms with van der Waals surface area (Å²) in [5.41, 5.74) is 1.87. The van der Waals surface area contributed by atoms with E-state index in [9.17, 15) is 0 Å². The van der Waals surface area contributed by atoms with Gasteiger partial charge in [-0.2, -0.15) is 5.26 Å². The van der Waals surface area contributed by atoms with Gasteiger partial charge in [-0.3, -0.25) is 0 Å². The van der Waals surface area contributed by atoms with E-state index in [0.717, 1.165) is 37.1 Å². The molecule has 1 atom stereocenters. The molecule has 0 radical (unpaired) electrons. The van der Waals surface area contributed by atoms with Gasteiger partial charge in [0.25, 0.3) is 0 Å². The Morgan fingerprint density at radius 2 is 2.32 bits per heavy atom. The van der Waals surface area contributed by atoms with E-state index in [-0.39, 0.29) is 6.10 Å². The zero-order valence-corrected chi connectivity index (χ0v) is 11.0. The highest BCUT2D eigenvalue weighted by atomic mass is 16.5. The van der Waals surface area contributed by atoms with Crippen LogP contribution in [0.5, 0.6) is 0 Å². The molecule has 4 nitrogen and oxygen atoms in total. The number of fused-ring (bicyclic) bond motifs is 1. The third kappa shape index (κ3) is 2.48. The molecule has 1 aromatic carbocycles. The van der Waals surface area contributed by atoms with E-state index in [1.54, 1.807) is 0 Å². The summed E-state index contributed by atoms with van der Waals surface area (Å²) in [6.45, 7) is 3.64. The van der Waals surface area contributed by atoms with Crippen LogP contribution in [0.3, 0.4) is 0 Å². The Morgan fingerprint density at radius 3 is 3.11 bits per heavy atom. The molecule has 2 aromatic rings. The summed E-state index contributed by atoms with van der Waals surface area (Å²) in [5, 5.41) is 10.0. The van der Waals surface area contributed by atoms with E-state index in [4.69, 9.17) is 10.00 Å². The van der Waals surface area contributed by atoms with E-state index in [1.165, 1.54) is 0 Å². The Morgan fingerprint density at radius 1 is 1.42 bits per heavy atom. The van der Waals surface area contributed by atoms with Gasteiger partial charge in [0.2, 0.25) is 0 Å². The van der Waals surface area contributed by atoms with Gasteiger partial charge in [0.1, 0.15) is 0 Å². The minimum atomic E-state index is 0.241. The second kappa shape index (κ2) is 5.04. The van der Waals surface area contributed by atoms with Gasteiger partial charge in [-0.15, -0.1) is 0 Å². The number of hydrogen-bond donors (Lipinski definition) is 0. The summed E-state index contributed by atoms with van der Waals surface area (Å²) in [4.78, 5) is 2.30. The highest BCUT2D eigenvalue weighted by Crippen LogP contribution is 2.19. The lowest BCUT2D eigenvalue weighted by Gasteiger charge is -2.30. The number of likely N-dealkylation sites (N-methyl/N-ethyl adjacent to an activating group) is 1. The number of nitriles is 1. The minimum absolute atomic E-state index is 0.241. The van der Waals surface area contributed by atoms with Crippen LogP contribution in [-0.4, -0.2) is 42.3 Å². The van der Waals surface area contributed by atoms with Gasteiger partial charge in [0.15, 0.2) is 0 Å². The molecular formula is C15H17N3O. The zero-order chi connectivity index (χ0) is 13.2. The van der Waals surface area contributed by atoms with Crippen molar-refractivity contribution in [2.75, 3.05) is 26.7 Å². The van der Waals surface area contributed by atoms with Crippen molar-refractivity contribution in [1.82, 2.24) is 9.47 Å². The lowest BCUT2D eigenvalue weighted by Crippen LogP contribution is -2.41. The first kappa shape index (κ1) is 12.2. The first-order valence-corrected chi connectivity index (χ1v) is 6.55. The maximum absolute atomic E-state index is 8.91. The van der Waals surface area contributed by atoms with E-state index in [0.29, 0.717) is 5.56 Å². The van der Waals surface area contributed by atoms with Gasteiger partial charge in [0.05, 0.1) is 30.9 Å². The summed E-state index contributed by atoms with van der Waals surface area (Å²) < 4.78 is 8.01. The predicted molar refractivity (Wildman–Crippen MR) is 73.9 cm³/mol. The van der Waals surface area contributed by atoms with Crippen molar-refractivity contribution in [3.63, 3.8) is 0 Å². The molecule has 3 rings (SSSR count). The Bertz CT molecular complexity index is 626. The quantitative estimate of drug-likeness (QED) is 0.822. The van der Waals surface area contributed by atoms with Crippen LogP contribution in [0.4, 0.5) is 0 Å². The third-order valence-electron chi connectivity index (χ3n) is 3.64. The van der Waals surface area contributed by atoms with Crippen LogP contribution in [0.1, 0.15) is 5.56 Å². The van der Waals surface area contributed by atoms with Crippen LogP contribution < -0.4 is 0 Å². The molecule has 0 amide bonds. The maximum atomic E-state index is 8.91. The molecule has 0 N–H and O–H groups in total. The highest BCUT2D eigenvalue weighted by molar-refractivity contribution is 5.81. The van der Waals surface area contributed by atoms with E-state index < -0.39 is 0 Å². The number of hydrogen-bond acceptors (Lipinski definition) is 3. The van der Waals surface area contributed by atoms with Crippen molar-refractivity contribution in [2.24, 2.45) is 0 Å². The molecule has 0 bridgehead atoms. The average molecular weight is 255 g/mol. The number of benzene rings is 1. The first-order chi connectivity index (χ1) is 9.26.